The quantitative estimate of drug-likeness (QED) is 0.182. The van der Waals surface area contributed by atoms with Gasteiger partial charge in [0.1, 0.15) is 0 Å². The summed E-state index contributed by atoms with van der Waals surface area (Å²) in [5.41, 5.74) is 9.78. The number of para-hydroxylation sites is 2. The zero-order valence-corrected chi connectivity index (χ0v) is 29.9. The molecular weight excluding hydrogens is 646 g/mol. The standard InChI is InChI=1S/C27H39N2.C7H6.C2H3N.2ClH.Ru/c1-18(2)22-11-9-12-23(19(3)4)26(22)28-15-16-29(17-28)27-24(20(5)6)13-10-14-25(27)21(7)8;1-7-5-3-2-4-6-7;1-2-3;;;/h9-14,17-21H,15-16H2,1-8H3;1-6H;1H3;2*1H;/q-1;;;;;+2/p-2. The van der Waals surface area contributed by atoms with Crippen molar-refractivity contribution in [3.63, 3.8) is 0 Å². The third-order valence-corrected chi connectivity index (χ3v) is 8.99. The molecule has 1 fully saturated rings. The molecule has 0 radical (unpaired) electrons. The summed E-state index contributed by atoms with van der Waals surface area (Å²) >= 11 is -1.61. The molecule has 1 saturated heterocycles. The van der Waals surface area contributed by atoms with Gasteiger partial charge in [0.15, 0.2) is 0 Å². The number of halogens is 2. The Labute approximate surface area is 269 Å². The van der Waals surface area contributed by atoms with Crippen molar-refractivity contribution in [3.8, 4) is 6.07 Å². The molecule has 3 aromatic carbocycles. The second-order valence-corrected chi connectivity index (χ2v) is 17.4. The van der Waals surface area contributed by atoms with Gasteiger partial charge in [-0.15, -0.1) is 0 Å². The molecule has 230 valence electrons. The van der Waals surface area contributed by atoms with Gasteiger partial charge in [0.25, 0.3) is 0 Å². The van der Waals surface area contributed by atoms with Crippen LogP contribution in [0.5, 0.6) is 0 Å². The van der Waals surface area contributed by atoms with Gasteiger partial charge in [-0.3, -0.25) is 0 Å². The van der Waals surface area contributed by atoms with Gasteiger partial charge in [-0.2, -0.15) is 11.9 Å². The van der Waals surface area contributed by atoms with Crippen LogP contribution in [-0.2, 0) is 13.5 Å². The topological polar surface area (TPSA) is 30.3 Å². The summed E-state index contributed by atoms with van der Waals surface area (Å²) in [4.78, 5) is 5.01. The molecule has 3 nitrogen and oxygen atoms in total. The van der Waals surface area contributed by atoms with E-state index in [2.05, 4.69) is 108 Å². The second-order valence-electron chi connectivity index (χ2n) is 11.6. The molecule has 4 rings (SSSR count). The van der Waals surface area contributed by atoms with Crippen molar-refractivity contribution in [3.05, 3.63) is 101 Å². The maximum atomic E-state index is 7.32. The average Bonchev–Trinajstić information content (AvgIpc) is 3.43. The van der Waals surface area contributed by atoms with Gasteiger partial charge < -0.3 is 9.80 Å². The summed E-state index contributed by atoms with van der Waals surface area (Å²) in [6.07, 6.45) is 0. The van der Waals surface area contributed by atoms with Gasteiger partial charge >= 0.3 is 73.4 Å². The monoisotopic (exact) mass is 694 g/mol. The molecule has 0 spiro atoms. The Morgan fingerprint density at radius 2 is 1.00 bits per heavy atom. The van der Waals surface area contributed by atoms with Gasteiger partial charge in [0.05, 0.1) is 6.07 Å². The van der Waals surface area contributed by atoms with E-state index in [-0.39, 0.29) is 0 Å². The van der Waals surface area contributed by atoms with Crippen molar-refractivity contribution >= 4 is 35.4 Å². The third-order valence-electron chi connectivity index (χ3n) is 7.11. The number of hydrogen-bond donors (Lipinski definition) is 0. The molecule has 0 N–H and O–H groups in total. The molecule has 0 aliphatic carbocycles. The maximum absolute atomic E-state index is 7.32. The first-order valence-electron chi connectivity index (χ1n) is 14.8. The first-order chi connectivity index (χ1) is 19.9. The van der Waals surface area contributed by atoms with Crippen LogP contribution < -0.4 is 9.80 Å². The van der Waals surface area contributed by atoms with Crippen molar-refractivity contribution in [2.24, 2.45) is 0 Å². The molecule has 0 amide bonds. The SMILES string of the molecule is CC#N.CC(C)c1cccc(C(C)C)c1N1[CH-]N(c2c(C(C)C)cccc2C(C)C)CC1.[Cl][Ru]([Cl])=[CH]c1ccccc1. The Morgan fingerprint density at radius 3 is 1.29 bits per heavy atom. The van der Waals surface area contributed by atoms with E-state index in [0.717, 1.165) is 18.7 Å². The summed E-state index contributed by atoms with van der Waals surface area (Å²) in [7, 11) is 11.3. The number of anilines is 2. The third kappa shape index (κ3) is 10.2. The molecule has 1 heterocycles. The number of nitrogens with zero attached hydrogens (tertiary/aromatic N) is 3. The van der Waals surface area contributed by atoms with E-state index in [1.165, 1.54) is 40.6 Å². The Hall–Kier alpha value is -2.18. The van der Waals surface area contributed by atoms with Crippen LogP contribution in [0.15, 0.2) is 66.7 Å². The summed E-state index contributed by atoms with van der Waals surface area (Å²) in [5, 5.41) is 7.32. The molecule has 0 aromatic heterocycles. The van der Waals surface area contributed by atoms with Crippen LogP contribution in [0.2, 0.25) is 0 Å². The van der Waals surface area contributed by atoms with E-state index in [1.807, 2.05) is 34.9 Å². The minimum absolute atomic E-state index is 0.514. The van der Waals surface area contributed by atoms with Gasteiger partial charge in [0.2, 0.25) is 0 Å². The number of benzene rings is 3. The normalized spacial score (nSPS) is 13.0. The number of hydrogen-bond acceptors (Lipinski definition) is 3. The van der Waals surface area contributed by atoms with Gasteiger partial charge in [-0.05, 0) is 45.9 Å². The second kappa shape index (κ2) is 17.8. The zero-order valence-electron chi connectivity index (χ0n) is 26.7. The van der Waals surface area contributed by atoms with Crippen LogP contribution in [0.3, 0.4) is 0 Å². The van der Waals surface area contributed by atoms with E-state index < -0.39 is 13.5 Å². The fraction of sp³-hybridized carbons (Fsp3) is 0.417. The van der Waals surface area contributed by atoms with Crippen LogP contribution in [0.1, 0.15) is 114 Å². The first kappa shape index (κ1) is 36.0. The number of nitriles is 1. The average molecular weight is 695 g/mol. The molecule has 0 saturated carbocycles. The first-order valence-corrected chi connectivity index (χ1v) is 20.2. The predicted molar refractivity (Wildman–Crippen MR) is 183 cm³/mol. The van der Waals surface area contributed by atoms with Crippen molar-refractivity contribution in [1.82, 2.24) is 0 Å². The van der Waals surface area contributed by atoms with E-state index in [0.29, 0.717) is 23.7 Å². The Morgan fingerprint density at radius 1 is 0.667 bits per heavy atom. The molecular formula is C36H48Cl2N3Ru-. The zero-order chi connectivity index (χ0) is 31.4. The van der Waals surface area contributed by atoms with Crippen LogP contribution in [-0.4, -0.2) is 17.7 Å². The molecule has 1 aliphatic rings. The minimum atomic E-state index is -1.61. The molecule has 42 heavy (non-hydrogen) atoms. The van der Waals surface area contributed by atoms with E-state index in [4.69, 9.17) is 24.6 Å². The van der Waals surface area contributed by atoms with E-state index in [1.54, 1.807) is 6.07 Å². The Bertz CT molecular complexity index is 1200. The van der Waals surface area contributed by atoms with Crippen LogP contribution >= 0.6 is 19.4 Å². The van der Waals surface area contributed by atoms with Crippen LogP contribution in [0.25, 0.3) is 0 Å². The van der Waals surface area contributed by atoms with Crippen LogP contribution in [0, 0.1) is 18.0 Å². The Balaban J connectivity index is 0.000000394. The van der Waals surface area contributed by atoms with Gasteiger partial charge in [-0.1, -0.05) is 91.8 Å². The van der Waals surface area contributed by atoms with E-state index in [9.17, 15) is 0 Å². The summed E-state index contributed by atoms with van der Waals surface area (Å²) in [6, 6.07) is 25.3. The fourth-order valence-electron chi connectivity index (χ4n) is 5.14. The molecule has 1 aliphatic heterocycles. The molecule has 0 bridgehead atoms. The molecule has 0 atom stereocenters. The van der Waals surface area contributed by atoms with Crippen molar-refractivity contribution in [1.29, 1.82) is 5.26 Å². The van der Waals surface area contributed by atoms with Crippen molar-refractivity contribution in [2.75, 3.05) is 22.9 Å². The summed E-state index contributed by atoms with van der Waals surface area (Å²) in [5.74, 6) is 2.06. The molecule has 6 heteroatoms. The molecule has 3 aromatic rings. The summed E-state index contributed by atoms with van der Waals surface area (Å²) < 4.78 is 1.92. The Kier molecular flexibility index (Phi) is 15.3. The van der Waals surface area contributed by atoms with Crippen LogP contribution in [0.4, 0.5) is 11.4 Å². The summed E-state index contributed by atoms with van der Waals surface area (Å²) in [6.45, 7) is 24.3. The molecule has 0 unspecified atom stereocenters. The predicted octanol–water partition coefficient (Wildman–Crippen LogP) is 10.9. The van der Waals surface area contributed by atoms with Crippen molar-refractivity contribution in [2.45, 2.75) is 86.0 Å². The fourth-order valence-corrected chi connectivity index (χ4v) is 6.96. The van der Waals surface area contributed by atoms with Gasteiger partial charge in [-0.25, -0.2) is 0 Å². The van der Waals surface area contributed by atoms with Gasteiger partial charge in [0, 0.05) is 31.4 Å². The van der Waals surface area contributed by atoms with Crippen molar-refractivity contribution < 1.29 is 13.5 Å². The van der Waals surface area contributed by atoms with E-state index >= 15 is 0 Å². The number of rotatable bonds is 7.